The van der Waals surface area contributed by atoms with Crippen LogP contribution in [0, 0.1) is 0 Å². The van der Waals surface area contributed by atoms with Crippen LogP contribution in [0.4, 0.5) is 5.69 Å². The Hall–Kier alpha value is -4.33. The van der Waals surface area contributed by atoms with Crippen molar-refractivity contribution in [3.05, 3.63) is 120 Å². The molecule has 0 fully saturated rings. The zero-order valence-electron chi connectivity index (χ0n) is 26.1. The average molecular weight is 702 g/mol. The third kappa shape index (κ3) is 8.03. The third-order valence-electron chi connectivity index (χ3n) is 8.04. The van der Waals surface area contributed by atoms with Crippen molar-refractivity contribution in [2.45, 2.75) is 26.3 Å². The van der Waals surface area contributed by atoms with Gasteiger partial charge in [0.25, 0.3) is 5.01 Å². The molecule has 0 N–H and O–H groups in total. The predicted molar refractivity (Wildman–Crippen MR) is 187 cm³/mol. The van der Waals surface area contributed by atoms with Crippen molar-refractivity contribution < 1.29 is 35.2 Å². The van der Waals surface area contributed by atoms with E-state index in [1.54, 1.807) is 16.2 Å². The number of hydrogen-bond acceptors (Lipinski definition) is 9. The van der Waals surface area contributed by atoms with Gasteiger partial charge in [-0.15, -0.1) is 0 Å². The number of anilines is 1. The van der Waals surface area contributed by atoms with Crippen molar-refractivity contribution in [1.29, 1.82) is 0 Å². The molecule has 0 amide bonds. The number of fused-ring (bicyclic) bond motifs is 2. The second kappa shape index (κ2) is 14.0. The van der Waals surface area contributed by atoms with Gasteiger partial charge >= 0.3 is 0 Å². The summed E-state index contributed by atoms with van der Waals surface area (Å²) in [5.74, 6) is -0.137. The fourth-order valence-corrected chi connectivity index (χ4v) is 7.70. The maximum absolute atomic E-state index is 11.7. The van der Waals surface area contributed by atoms with Gasteiger partial charge in [0.2, 0.25) is 11.4 Å². The first-order chi connectivity index (χ1) is 23.0. The maximum atomic E-state index is 11.7. The molecule has 1 aliphatic rings. The van der Waals surface area contributed by atoms with E-state index in [-0.39, 0.29) is 13.0 Å². The normalized spacial score (nSPS) is 14.4. The van der Waals surface area contributed by atoms with Gasteiger partial charge in [0.1, 0.15) is 4.70 Å². The summed E-state index contributed by atoms with van der Waals surface area (Å²) in [6.45, 7) is 2.21. The van der Waals surface area contributed by atoms with E-state index < -0.39 is 31.7 Å². The van der Waals surface area contributed by atoms with Crippen LogP contribution < -0.4 is 14.2 Å². The largest absolute Gasteiger partial charge is 0.748 e. The standard InChI is InChI=1S/C36H34N2O7S3/c1-2-26(22-35-37(19-21-48(42,43)44)31-24-29(14-16-33(31)45-35)27-10-5-3-6-11-27)23-36-38(18-9-20-47(39,40)41)32-25-30(15-17-34(32)46-36)28-12-7-4-8-13-28/h3-8,10-17,22-25H,2,9,18-21H2,1H3,(H-,39,40,41,42,43,44)/p-1. The van der Waals surface area contributed by atoms with Crippen molar-refractivity contribution >= 4 is 53.6 Å². The lowest BCUT2D eigenvalue weighted by molar-refractivity contribution is -0.668. The predicted octanol–water partition coefficient (Wildman–Crippen LogP) is 6.54. The molecule has 2 heterocycles. The highest BCUT2D eigenvalue weighted by Gasteiger charge is 2.28. The molecule has 12 heteroatoms. The Morgan fingerprint density at radius 1 is 0.812 bits per heavy atom. The Morgan fingerprint density at radius 3 is 2.06 bits per heavy atom. The Kier molecular flexibility index (Phi) is 9.81. The number of aryl methyl sites for hydroxylation is 1. The summed E-state index contributed by atoms with van der Waals surface area (Å²) in [5, 5.41) is 0.850. The summed E-state index contributed by atoms with van der Waals surface area (Å²) in [6.07, 6.45) is 4.58. The average Bonchev–Trinajstić information content (AvgIpc) is 3.59. The number of allylic oxidation sites excluding steroid dienone is 2. The highest BCUT2D eigenvalue weighted by Crippen LogP contribution is 2.42. The lowest BCUT2D eigenvalue weighted by Gasteiger charge is -2.20. The summed E-state index contributed by atoms with van der Waals surface area (Å²) in [4.78, 5) is 1.71. The van der Waals surface area contributed by atoms with Gasteiger partial charge in [0.05, 0.1) is 31.7 Å². The monoisotopic (exact) mass is 701 g/mol. The number of thiazole rings is 1. The summed E-state index contributed by atoms with van der Waals surface area (Å²) in [7, 11) is -8.88. The number of ether oxygens (including phenoxy) is 1. The highest BCUT2D eigenvalue weighted by atomic mass is 32.2. The number of nitrogens with zero attached hydrogens (tertiary/aromatic N) is 2. The molecule has 0 atom stereocenters. The third-order valence-corrected chi connectivity index (χ3v) is 10.6. The molecule has 9 nitrogen and oxygen atoms in total. The molecule has 0 unspecified atom stereocenters. The molecule has 1 aliphatic heterocycles. The Bertz CT molecular complexity index is 2230. The van der Waals surface area contributed by atoms with Crippen molar-refractivity contribution in [2.24, 2.45) is 0 Å². The van der Waals surface area contributed by atoms with E-state index in [0.29, 0.717) is 30.3 Å². The van der Waals surface area contributed by atoms with Crippen molar-refractivity contribution in [3.8, 4) is 28.0 Å². The maximum Gasteiger partial charge on any atom is 0.263 e. The molecule has 1 aromatic heterocycles. The zero-order valence-corrected chi connectivity index (χ0v) is 28.6. The van der Waals surface area contributed by atoms with E-state index in [0.717, 1.165) is 43.1 Å². The quantitative estimate of drug-likeness (QED) is 0.106. The van der Waals surface area contributed by atoms with Crippen LogP contribution in [-0.4, -0.2) is 44.0 Å². The van der Waals surface area contributed by atoms with E-state index in [1.807, 2.05) is 115 Å². The van der Waals surface area contributed by atoms with Crippen LogP contribution in [0.3, 0.4) is 0 Å². The van der Waals surface area contributed by atoms with Gasteiger partial charge in [0, 0.05) is 36.9 Å². The number of rotatable bonds is 12. The van der Waals surface area contributed by atoms with Crippen molar-refractivity contribution in [1.82, 2.24) is 0 Å². The van der Waals surface area contributed by atoms with Crippen LogP contribution in [-0.2, 0) is 26.8 Å². The molecule has 0 saturated heterocycles. The van der Waals surface area contributed by atoms with Crippen molar-refractivity contribution in [2.75, 3.05) is 23.0 Å². The van der Waals surface area contributed by atoms with E-state index in [4.69, 9.17) is 4.74 Å². The van der Waals surface area contributed by atoms with Gasteiger partial charge in [0.15, 0.2) is 12.3 Å². The SMILES string of the molecule is CCC(=Cc1sc2ccc(-c3ccccc3)cc2[n+]1CCCS(=O)(=O)[O-])C=C1Oc2ccc(-c3ccccc3)cc2N1CCS(=O)(=O)[O-]. The van der Waals surface area contributed by atoms with Crippen LogP contribution >= 0.6 is 11.3 Å². The van der Waals surface area contributed by atoms with Crippen LogP contribution in [0.15, 0.2) is 115 Å². The summed E-state index contributed by atoms with van der Waals surface area (Å²) >= 11 is 1.54. The molecule has 5 aromatic rings. The van der Waals surface area contributed by atoms with Gasteiger partial charge in [-0.05, 0) is 52.4 Å². The zero-order chi connectivity index (χ0) is 33.9. The molecular formula is C36H33N2O7S3-. The van der Waals surface area contributed by atoms with E-state index in [9.17, 15) is 25.9 Å². The molecule has 0 radical (unpaired) electrons. The molecule has 248 valence electrons. The molecular weight excluding hydrogens is 669 g/mol. The van der Waals surface area contributed by atoms with Crippen LogP contribution in [0.1, 0.15) is 24.8 Å². The Labute approximate surface area is 284 Å². The van der Waals surface area contributed by atoms with Crippen LogP contribution in [0.25, 0.3) is 38.5 Å². The van der Waals surface area contributed by atoms with Crippen LogP contribution in [0.2, 0.25) is 0 Å². The minimum atomic E-state index is -4.50. The second-order valence-corrected chi connectivity index (χ2v) is 15.5. The minimum Gasteiger partial charge on any atom is -0.748 e. The number of hydrogen-bond donors (Lipinski definition) is 0. The lowest BCUT2D eigenvalue weighted by Crippen LogP contribution is -2.36. The summed E-state index contributed by atoms with van der Waals surface area (Å²) in [5.41, 5.74) is 6.39. The molecule has 4 aromatic carbocycles. The lowest BCUT2D eigenvalue weighted by atomic mass is 10.0. The van der Waals surface area contributed by atoms with Gasteiger partial charge in [-0.1, -0.05) is 91.1 Å². The van der Waals surface area contributed by atoms with Crippen LogP contribution in [0.5, 0.6) is 5.75 Å². The molecule has 0 bridgehead atoms. The number of benzene rings is 4. The van der Waals surface area contributed by atoms with Gasteiger partial charge < -0.3 is 18.7 Å². The first-order valence-electron chi connectivity index (χ1n) is 15.4. The second-order valence-electron chi connectivity index (χ2n) is 11.4. The molecule has 48 heavy (non-hydrogen) atoms. The summed E-state index contributed by atoms with van der Waals surface area (Å²) in [6, 6.07) is 31.6. The van der Waals surface area contributed by atoms with Gasteiger partial charge in [-0.3, -0.25) is 0 Å². The fraction of sp³-hybridized carbons (Fsp3) is 0.194. The fourth-order valence-electron chi connectivity index (χ4n) is 5.66. The molecule has 0 saturated carbocycles. The number of aromatic nitrogens is 1. The van der Waals surface area contributed by atoms with E-state index >= 15 is 0 Å². The molecule has 0 aliphatic carbocycles. The Balaban J connectivity index is 1.40. The highest BCUT2D eigenvalue weighted by molar-refractivity contribution is 7.85. The smallest absolute Gasteiger partial charge is 0.263 e. The Morgan fingerprint density at radius 2 is 1.44 bits per heavy atom. The first kappa shape index (κ1) is 33.6. The van der Waals surface area contributed by atoms with Crippen molar-refractivity contribution in [3.63, 3.8) is 0 Å². The van der Waals surface area contributed by atoms with Gasteiger partial charge in [-0.2, -0.15) is 4.57 Å². The van der Waals surface area contributed by atoms with Gasteiger partial charge in [-0.25, -0.2) is 16.8 Å². The van der Waals surface area contributed by atoms with E-state index in [2.05, 4.69) is 6.07 Å². The summed E-state index contributed by atoms with van der Waals surface area (Å²) < 4.78 is 78.7. The minimum absolute atomic E-state index is 0.0886. The topological polar surface area (TPSA) is 131 Å². The first-order valence-corrected chi connectivity index (χ1v) is 19.4. The van der Waals surface area contributed by atoms with E-state index in [1.165, 1.54) is 0 Å². The molecule has 6 rings (SSSR count). The molecule has 0 spiro atoms.